The molecular formula is C15H24FN3O. The molecule has 0 radical (unpaired) electrons. The molecule has 1 fully saturated rings. The van der Waals surface area contributed by atoms with E-state index in [1.807, 2.05) is 13.0 Å². The SMILES string of the molecule is Cc1cc(F)ccc1C(NN)C(C)(C)N1CCOCC1. The number of hydrogen-bond donors (Lipinski definition) is 2. The van der Waals surface area contributed by atoms with Crippen molar-refractivity contribution in [2.24, 2.45) is 5.84 Å². The van der Waals surface area contributed by atoms with Crippen LogP contribution in [0.4, 0.5) is 4.39 Å². The van der Waals surface area contributed by atoms with Crippen LogP contribution in [0, 0.1) is 12.7 Å². The highest BCUT2D eigenvalue weighted by Crippen LogP contribution is 2.33. The summed E-state index contributed by atoms with van der Waals surface area (Å²) in [5, 5.41) is 0. The molecule has 1 saturated heterocycles. The molecule has 0 bridgehead atoms. The van der Waals surface area contributed by atoms with Gasteiger partial charge in [-0.15, -0.1) is 0 Å². The summed E-state index contributed by atoms with van der Waals surface area (Å²) in [6.07, 6.45) is 0. The van der Waals surface area contributed by atoms with Gasteiger partial charge in [-0.3, -0.25) is 16.2 Å². The maximum atomic E-state index is 13.3. The van der Waals surface area contributed by atoms with Crippen molar-refractivity contribution < 1.29 is 9.13 Å². The van der Waals surface area contributed by atoms with Gasteiger partial charge in [-0.1, -0.05) is 6.07 Å². The molecule has 1 atom stereocenters. The molecular weight excluding hydrogens is 257 g/mol. The van der Waals surface area contributed by atoms with E-state index in [2.05, 4.69) is 24.2 Å². The van der Waals surface area contributed by atoms with Gasteiger partial charge >= 0.3 is 0 Å². The molecule has 1 unspecified atom stereocenters. The number of hydrazine groups is 1. The van der Waals surface area contributed by atoms with Crippen molar-refractivity contribution in [3.63, 3.8) is 0 Å². The normalized spacial score (nSPS) is 19.1. The third kappa shape index (κ3) is 3.01. The Morgan fingerprint density at radius 1 is 1.35 bits per heavy atom. The maximum absolute atomic E-state index is 13.3. The van der Waals surface area contributed by atoms with E-state index in [9.17, 15) is 4.39 Å². The van der Waals surface area contributed by atoms with Crippen LogP contribution in [0.1, 0.15) is 31.0 Å². The van der Waals surface area contributed by atoms with E-state index in [0.717, 1.165) is 37.4 Å². The van der Waals surface area contributed by atoms with Gasteiger partial charge in [0.05, 0.1) is 19.3 Å². The number of nitrogens with zero attached hydrogens (tertiary/aromatic N) is 1. The Morgan fingerprint density at radius 3 is 2.55 bits per heavy atom. The molecule has 112 valence electrons. The summed E-state index contributed by atoms with van der Waals surface area (Å²) in [5.74, 6) is 5.59. The molecule has 3 N–H and O–H groups in total. The molecule has 0 spiro atoms. The van der Waals surface area contributed by atoms with Crippen LogP contribution in [-0.4, -0.2) is 36.7 Å². The Balaban J connectivity index is 2.29. The highest BCUT2D eigenvalue weighted by Gasteiger charge is 2.37. The van der Waals surface area contributed by atoms with Crippen LogP contribution in [0.2, 0.25) is 0 Å². The minimum absolute atomic E-state index is 0.0683. The van der Waals surface area contributed by atoms with Gasteiger partial charge in [0.25, 0.3) is 0 Å². The lowest BCUT2D eigenvalue weighted by Crippen LogP contribution is -2.57. The highest BCUT2D eigenvalue weighted by molar-refractivity contribution is 5.31. The molecule has 5 heteroatoms. The molecule has 1 aliphatic rings. The average Bonchev–Trinajstić information content (AvgIpc) is 2.43. The summed E-state index contributed by atoms with van der Waals surface area (Å²) in [4.78, 5) is 2.36. The van der Waals surface area contributed by atoms with Gasteiger partial charge in [-0.25, -0.2) is 4.39 Å². The average molecular weight is 281 g/mol. The van der Waals surface area contributed by atoms with Gasteiger partial charge in [0.2, 0.25) is 0 Å². The van der Waals surface area contributed by atoms with Crippen LogP contribution < -0.4 is 11.3 Å². The summed E-state index contributed by atoms with van der Waals surface area (Å²) < 4.78 is 18.7. The minimum Gasteiger partial charge on any atom is -0.379 e. The first-order valence-corrected chi connectivity index (χ1v) is 7.02. The monoisotopic (exact) mass is 281 g/mol. The van der Waals surface area contributed by atoms with Crippen molar-refractivity contribution in [2.75, 3.05) is 26.3 Å². The van der Waals surface area contributed by atoms with Crippen LogP contribution in [0.3, 0.4) is 0 Å². The summed E-state index contributed by atoms with van der Waals surface area (Å²) in [7, 11) is 0. The number of aryl methyl sites for hydroxylation is 1. The summed E-state index contributed by atoms with van der Waals surface area (Å²) in [6, 6.07) is 4.79. The fraction of sp³-hybridized carbons (Fsp3) is 0.600. The number of rotatable bonds is 4. The second kappa shape index (κ2) is 6.18. The van der Waals surface area contributed by atoms with Gasteiger partial charge in [-0.05, 0) is 44.0 Å². The fourth-order valence-corrected chi connectivity index (χ4v) is 2.96. The van der Waals surface area contributed by atoms with Crippen LogP contribution in [-0.2, 0) is 4.74 Å². The number of halogens is 1. The van der Waals surface area contributed by atoms with Gasteiger partial charge in [0, 0.05) is 18.6 Å². The Kier molecular flexibility index (Phi) is 4.75. The first kappa shape index (κ1) is 15.4. The zero-order valence-electron chi connectivity index (χ0n) is 12.4. The fourth-order valence-electron chi connectivity index (χ4n) is 2.96. The van der Waals surface area contributed by atoms with Crippen LogP contribution >= 0.6 is 0 Å². The van der Waals surface area contributed by atoms with Crippen molar-refractivity contribution in [2.45, 2.75) is 32.4 Å². The Morgan fingerprint density at radius 2 is 2.00 bits per heavy atom. The quantitative estimate of drug-likeness (QED) is 0.652. The molecule has 0 saturated carbocycles. The lowest BCUT2D eigenvalue weighted by Gasteiger charge is -2.46. The molecule has 1 aliphatic heterocycles. The molecule has 4 nitrogen and oxygen atoms in total. The predicted octanol–water partition coefficient (Wildman–Crippen LogP) is 1.75. The molecule has 0 amide bonds. The Bertz CT molecular complexity index is 458. The zero-order chi connectivity index (χ0) is 14.8. The lowest BCUT2D eigenvalue weighted by molar-refractivity contribution is -0.0239. The maximum Gasteiger partial charge on any atom is 0.123 e. The van der Waals surface area contributed by atoms with E-state index >= 15 is 0 Å². The lowest BCUT2D eigenvalue weighted by atomic mass is 9.85. The van der Waals surface area contributed by atoms with Gasteiger partial charge < -0.3 is 4.74 Å². The first-order chi connectivity index (χ1) is 9.46. The summed E-state index contributed by atoms with van der Waals surface area (Å²) in [5.41, 5.74) is 4.68. The number of nitrogens with one attached hydrogen (secondary N) is 1. The number of hydrogen-bond acceptors (Lipinski definition) is 4. The second-order valence-corrected chi connectivity index (χ2v) is 5.85. The van der Waals surface area contributed by atoms with E-state index in [-0.39, 0.29) is 17.4 Å². The molecule has 1 aromatic carbocycles. The van der Waals surface area contributed by atoms with Gasteiger partial charge in [-0.2, -0.15) is 0 Å². The highest BCUT2D eigenvalue weighted by atomic mass is 19.1. The standard InChI is InChI=1S/C15H24FN3O/c1-11-10-12(16)4-5-13(11)14(18-17)15(2,3)19-6-8-20-9-7-19/h4-5,10,14,18H,6-9,17H2,1-3H3. The van der Waals surface area contributed by atoms with Gasteiger partial charge in [0.15, 0.2) is 0 Å². The van der Waals surface area contributed by atoms with Crippen LogP contribution in [0.25, 0.3) is 0 Å². The van der Waals surface area contributed by atoms with Crippen molar-refractivity contribution in [3.05, 3.63) is 35.1 Å². The van der Waals surface area contributed by atoms with E-state index in [1.54, 1.807) is 6.07 Å². The molecule has 0 aliphatic carbocycles. The predicted molar refractivity (Wildman–Crippen MR) is 77.7 cm³/mol. The largest absolute Gasteiger partial charge is 0.379 e. The zero-order valence-corrected chi connectivity index (χ0v) is 12.4. The number of benzene rings is 1. The van der Waals surface area contributed by atoms with E-state index in [4.69, 9.17) is 10.6 Å². The summed E-state index contributed by atoms with van der Waals surface area (Å²) >= 11 is 0. The van der Waals surface area contributed by atoms with Crippen molar-refractivity contribution >= 4 is 0 Å². The first-order valence-electron chi connectivity index (χ1n) is 7.02. The Hall–Kier alpha value is -1.01. The van der Waals surface area contributed by atoms with Crippen molar-refractivity contribution in [1.29, 1.82) is 0 Å². The molecule has 2 rings (SSSR count). The second-order valence-electron chi connectivity index (χ2n) is 5.85. The third-order valence-corrected chi connectivity index (χ3v) is 4.24. The van der Waals surface area contributed by atoms with Crippen LogP contribution in [0.15, 0.2) is 18.2 Å². The minimum atomic E-state index is -0.216. The van der Waals surface area contributed by atoms with Crippen LogP contribution in [0.5, 0.6) is 0 Å². The van der Waals surface area contributed by atoms with E-state index in [1.165, 1.54) is 6.07 Å². The number of ether oxygens (including phenoxy) is 1. The van der Waals surface area contributed by atoms with Gasteiger partial charge in [0.1, 0.15) is 5.82 Å². The molecule has 1 heterocycles. The number of morpholine rings is 1. The smallest absolute Gasteiger partial charge is 0.123 e. The number of nitrogens with two attached hydrogens (primary N) is 1. The third-order valence-electron chi connectivity index (χ3n) is 4.24. The topological polar surface area (TPSA) is 50.5 Å². The van der Waals surface area contributed by atoms with Crippen molar-refractivity contribution in [1.82, 2.24) is 10.3 Å². The molecule has 1 aromatic rings. The molecule has 20 heavy (non-hydrogen) atoms. The molecule has 0 aromatic heterocycles. The van der Waals surface area contributed by atoms with E-state index in [0.29, 0.717) is 0 Å². The Labute approximate surface area is 120 Å². The van der Waals surface area contributed by atoms with E-state index < -0.39 is 0 Å². The summed E-state index contributed by atoms with van der Waals surface area (Å²) in [6.45, 7) is 9.47. The van der Waals surface area contributed by atoms with Crippen molar-refractivity contribution in [3.8, 4) is 0 Å².